The number of carbonyl (C=O) groups is 2. The number of hydrogen-bond donors (Lipinski definition) is 2. The summed E-state index contributed by atoms with van der Waals surface area (Å²) in [5.41, 5.74) is 0. The normalized spacial score (nSPS) is 28.1. The van der Waals surface area contributed by atoms with Gasteiger partial charge in [0.15, 0.2) is 0 Å². The first-order chi connectivity index (χ1) is 11.5. The molecule has 2 aliphatic heterocycles. The Morgan fingerprint density at radius 3 is 2.54 bits per heavy atom. The van der Waals surface area contributed by atoms with Crippen molar-refractivity contribution >= 4 is 11.8 Å². The van der Waals surface area contributed by atoms with Crippen LogP contribution in [0, 0.1) is 0 Å². The lowest BCUT2D eigenvalue weighted by atomic mass is 10.1. The summed E-state index contributed by atoms with van der Waals surface area (Å²) in [6.45, 7) is 7.71. The highest BCUT2D eigenvalue weighted by Crippen LogP contribution is 2.17. The summed E-state index contributed by atoms with van der Waals surface area (Å²) in [4.78, 5) is 27.3. The second kappa shape index (κ2) is 9.34. The van der Waals surface area contributed by atoms with Crippen molar-refractivity contribution in [2.24, 2.45) is 0 Å². The number of piperazine rings is 1. The molecule has 0 radical (unpaired) electrons. The van der Waals surface area contributed by atoms with Gasteiger partial charge < -0.3 is 20.1 Å². The maximum atomic E-state index is 11.9. The number of ether oxygens (including phenoxy) is 1. The van der Waals surface area contributed by atoms with E-state index < -0.39 is 6.10 Å². The van der Waals surface area contributed by atoms with Gasteiger partial charge in [-0.15, -0.1) is 0 Å². The molecule has 7 heteroatoms. The predicted molar refractivity (Wildman–Crippen MR) is 90.5 cm³/mol. The molecule has 2 fully saturated rings. The Morgan fingerprint density at radius 1 is 1.21 bits per heavy atom. The number of rotatable bonds is 7. The van der Waals surface area contributed by atoms with Crippen LogP contribution in [0.4, 0.5) is 0 Å². The summed E-state index contributed by atoms with van der Waals surface area (Å²) in [6, 6.07) is -0.317. The minimum absolute atomic E-state index is 0.00757. The molecule has 3 unspecified atom stereocenters. The fourth-order valence-electron chi connectivity index (χ4n) is 3.29. The summed E-state index contributed by atoms with van der Waals surface area (Å²) in [5, 5.41) is 13.3. The number of amides is 2. The van der Waals surface area contributed by atoms with E-state index in [2.05, 4.69) is 17.1 Å². The average Bonchev–Trinajstić information content (AvgIpc) is 2.89. The quantitative estimate of drug-likeness (QED) is 0.636. The molecule has 0 spiro atoms. The van der Waals surface area contributed by atoms with Crippen LogP contribution in [0.25, 0.3) is 0 Å². The summed E-state index contributed by atoms with van der Waals surface area (Å²) < 4.78 is 5.69. The van der Waals surface area contributed by atoms with Crippen LogP contribution >= 0.6 is 0 Å². The molecule has 2 saturated heterocycles. The molecule has 3 atom stereocenters. The first kappa shape index (κ1) is 19.1. The van der Waals surface area contributed by atoms with E-state index in [-0.39, 0.29) is 24.0 Å². The maximum absolute atomic E-state index is 11.9. The smallest absolute Gasteiger partial charge is 0.220 e. The van der Waals surface area contributed by atoms with Crippen molar-refractivity contribution in [3.8, 4) is 0 Å². The lowest BCUT2D eigenvalue weighted by Gasteiger charge is -2.35. The molecular weight excluding hydrogens is 310 g/mol. The Morgan fingerprint density at radius 2 is 1.92 bits per heavy atom. The zero-order valence-electron chi connectivity index (χ0n) is 14.9. The molecule has 0 aromatic rings. The molecule has 24 heavy (non-hydrogen) atoms. The van der Waals surface area contributed by atoms with Crippen molar-refractivity contribution in [2.75, 3.05) is 39.3 Å². The average molecular weight is 341 g/mol. The van der Waals surface area contributed by atoms with Crippen molar-refractivity contribution < 1.29 is 19.4 Å². The molecule has 138 valence electrons. The van der Waals surface area contributed by atoms with Crippen LogP contribution in [-0.4, -0.2) is 84.3 Å². The van der Waals surface area contributed by atoms with Crippen LogP contribution < -0.4 is 5.32 Å². The highest BCUT2D eigenvalue weighted by atomic mass is 16.5. The van der Waals surface area contributed by atoms with E-state index >= 15 is 0 Å². The molecule has 2 aliphatic rings. The van der Waals surface area contributed by atoms with Gasteiger partial charge in [0.1, 0.15) is 6.10 Å². The van der Waals surface area contributed by atoms with Gasteiger partial charge in [0.2, 0.25) is 11.8 Å². The van der Waals surface area contributed by atoms with E-state index in [9.17, 15) is 14.7 Å². The minimum atomic E-state index is -0.675. The van der Waals surface area contributed by atoms with Crippen LogP contribution in [0.5, 0.6) is 0 Å². The number of aliphatic hydroxyl groups is 1. The van der Waals surface area contributed by atoms with Gasteiger partial charge in [0.05, 0.1) is 18.8 Å². The Labute approximate surface area is 144 Å². The minimum Gasteiger partial charge on any atom is -0.388 e. The highest BCUT2D eigenvalue weighted by molar-refractivity contribution is 5.76. The van der Waals surface area contributed by atoms with Crippen LogP contribution in [0.15, 0.2) is 0 Å². The molecular formula is C17H31N3O4. The van der Waals surface area contributed by atoms with Gasteiger partial charge in [-0.05, 0) is 6.42 Å². The Kier molecular flexibility index (Phi) is 7.45. The first-order valence-corrected chi connectivity index (χ1v) is 9.08. The Balaban J connectivity index is 1.71. The fraction of sp³-hybridized carbons (Fsp3) is 0.882. The molecule has 0 aromatic heterocycles. The molecule has 2 N–H and O–H groups in total. The van der Waals surface area contributed by atoms with Crippen LogP contribution in [0.1, 0.15) is 39.5 Å². The summed E-state index contributed by atoms with van der Waals surface area (Å²) in [5.74, 6) is 0.101. The monoisotopic (exact) mass is 341 g/mol. The number of carbonyl (C=O) groups excluding carboxylic acids is 2. The summed E-state index contributed by atoms with van der Waals surface area (Å²) in [6.07, 6.45) is 2.57. The second-order valence-corrected chi connectivity index (χ2v) is 6.80. The Hall–Kier alpha value is -1.18. The summed E-state index contributed by atoms with van der Waals surface area (Å²) in [7, 11) is 0. The van der Waals surface area contributed by atoms with Gasteiger partial charge in [0.25, 0.3) is 0 Å². The summed E-state index contributed by atoms with van der Waals surface area (Å²) >= 11 is 0. The van der Waals surface area contributed by atoms with Crippen molar-refractivity contribution in [1.82, 2.24) is 15.1 Å². The van der Waals surface area contributed by atoms with E-state index in [0.29, 0.717) is 19.6 Å². The number of hydrogen-bond acceptors (Lipinski definition) is 5. The zero-order valence-corrected chi connectivity index (χ0v) is 14.9. The van der Waals surface area contributed by atoms with Gasteiger partial charge in [-0.3, -0.25) is 14.5 Å². The van der Waals surface area contributed by atoms with Gasteiger partial charge in [-0.2, -0.15) is 0 Å². The molecule has 0 aromatic carbocycles. The van der Waals surface area contributed by atoms with Crippen LogP contribution in [0.2, 0.25) is 0 Å². The van der Waals surface area contributed by atoms with E-state index in [0.717, 1.165) is 45.4 Å². The number of unbranched alkanes of at least 4 members (excludes halogenated alkanes) is 2. The molecule has 0 saturated carbocycles. The lowest BCUT2D eigenvalue weighted by molar-refractivity contribution is -0.130. The molecule has 0 bridgehead atoms. The van der Waals surface area contributed by atoms with Gasteiger partial charge in [-0.1, -0.05) is 19.8 Å². The van der Waals surface area contributed by atoms with E-state index in [4.69, 9.17) is 4.74 Å². The molecule has 2 amide bonds. The standard InChI is InChI=1S/C17H31N3O4/c1-3-4-5-6-16(22)18-14-12-24-15(17(14)23)11-19-7-9-20(10-8-19)13(2)21/h14-15,17,23H,3-12H2,1-2H3,(H,18,22). The van der Waals surface area contributed by atoms with E-state index in [1.165, 1.54) is 0 Å². The highest BCUT2D eigenvalue weighted by Gasteiger charge is 2.38. The van der Waals surface area contributed by atoms with Crippen LogP contribution in [-0.2, 0) is 14.3 Å². The largest absolute Gasteiger partial charge is 0.388 e. The van der Waals surface area contributed by atoms with Gasteiger partial charge >= 0.3 is 0 Å². The lowest BCUT2D eigenvalue weighted by Crippen LogP contribution is -2.52. The predicted octanol–water partition coefficient (Wildman–Crippen LogP) is -0.0247. The van der Waals surface area contributed by atoms with E-state index in [1.807, 2.05) is 4.90 Å². The molecule has 0 aliphatic carbocycles. The van der Waals surface area contributed by atoms with Crippen molar-refractivity contribution in [2.45, 2.75) is 57.8 Å². The van der Waals surface area contributed by atoms with E-state index in [1.54, 1.807) is 6.92 Å². The third-order valence-corrected chi connectivity index (χ3v) is 4.89. The SMILES string of the molecule is CCCCCC(=O)NC1COC(CN2CCN(C(C)=O)CC2)C1O. The molecule has 2 heterocycles. The number of aliphatic hydroxyl groups excluding tert-OH is 1. The number of nitrogens with one attached hydrogen (secondary N) is 1. The van der Waals surface area contributed by atoms with Crippen molar-refractivity contribution in [3.63, 3.8) is 0 Å². The third-order valence-electron chi connectivity index (χ3n) is 4.89. The van der Waals surface area contributed by atoms with Crippen LogP contribution in [0.3, 0.4) is 0 Å². The van der Waals surface area contributed by atoms with Crippen molar-refractivity contribution in [1.29, 1.82) is 0 Å². The fourth-order valence-corrected chi connectivity index (χ4v) is 3.29. The third kappa shape index (κ3) is 5.43. The molecule has 7 nitrogen and oxygen atoms in total. The maximum Gasteiger partial charge on any atom is 0.220 e. The van der Waals surface area contributed by atoms with Gasteiger partial charge in [0, 0.05) is 46.1 Å². The van der Waals surface area contributed by atoms with Gasteiger partial charge in [-0.25, -0.2) is 0 Å². The molecule has 2 rings (SSSR count). The number of nitrogens with zero attached hydrogens (tertiary/aromatic N) is 2. The first-order valence-electron chi connectivity index (χ1n) is 9.08. The zero-order chi connectivity index (χ0) is 17.5. The Bertz CT molecular complexity index is 424. The second-order valence-electron chi connectivity index (χ2n) is 6.80. The topological polar surface area (TPSA) is 82.1 Å². The van der Waals surface area contributed by atoms with Crippen molar-refractivity contribution in [3.05, 3.63) is 0 Å².